The van der Waals surface area contributed by atoms with E-state index in [2.05, 4.69) is 10.0 Å². The Bertz CT molecular complexity index is 370. The van der Waals surface area contributed by atoms with E-state index < -0.39 is 24.3 Å². The van der Waals surface area contributed by atoms with Crippen molar-refractivity contribution in [2.45, 2.75) is 36.8 Å². The van der Waals surface area contributed by atoms with Gasteiger partial charge >= 0.3 is 6.09 Å². The summed E-state index contributed by atoms with van der Waals surface area (Å²) in [5.74, 6) is 0. The fraction of sp³-hybridized carbons (Fsp3) is 0.889. The van der Waals surface area contributed by atoms with Crippen LogP contribution in [0.1, 0.15) is 6.42 Å². The zero-order valence-corrected chi connectivity index (χ0v) is 9.55. The molecule has 8 nitrogen and oxygen atoms in total. The number of amides is 1. The third-order valence-electron chi connectivity index (χ3n) is 3.40. The van der Waals surface area contributed by atoms with Crippen molar-refractivity contribution in [2.24, 2.45) is 5.11 Å². The number of azide groups is 1. The highest BCUT2D eigenvalue weighted by Gasteiger charge is 2.53. The number of carbonyl (C=O) groups excluding carboxylic acids is 1. The van der Waals surface area contributed by atoms with Crippen molar-refractivity contribution in [1.29, 1.82) is 0 Å². The van der Waals surface area contributed by atoms with E-state index in [0.29, 0.717) is 6.42 Å². The maximum absolute atomic E-state index is 11.4. The first kappa shape index (κ1) is 12.0. The summed E-state index contributed by atoms with van der Waals surface area (Å²) in [5.41, 5.74) is 8.43. The van der Waals surface area contributed by atoms with Gasteiger partial charge in [0, 0.05) is 19.1 Å². The van der Waals surface area contributed by atoms with E-state index in [0.717, 1.165) is 0 Å². The fourth-order valence-corrected chi connectivity index (χ4v) is 2.50. The van der Waals surface area contributed by atoms with Crippen molar-refractivity contribution in [3.05, 3.63) is 10.4 Å². The number of nitrogens with zero attached hydrogens (tertiary/aromatic N) is 4. The second-order valence-electron chi connectivity index (χ2n) is 4.22. The van der Waals surface area contributed by atoms with E-state index in [1.54, 1.807) is 7.05 Å². The molecule has 1 amide bonds. The summed E-state index contributed by atoms with van der Waals surface area (Å²) < 4.78 is 10.4. The molecule has 2 rings (SSSR count). The topological polar surface area (TPSA) is 108 Å². The molecule has 1 aliphatic carbocycles. The predicted octanol–water partition coefficient (Wildman–Crippen LogP) is 0.264. The van der Waals surface area contributed by atoms with Crippen LogP contribution in [0.3, 0.4) is 0 Å². The van der Waals surface area contributed by atoms with E-state index in [1.165, 1.54) is 12.0 Å². The molecule has 17 heavy (non-hydrogen) atoms. The minimum Gasteiger partial charge on any atom is -0.441 e. The van der Waals surface area contributed by atoms with E-state index in [1.807, 2.05) is 0 Å². The Balaban J connectivity index is 2.27. The molecule has 0 aromatic carbocycles. The molecular weight excluding hydrogens is 228 g/mol. The summed E-state index contributed by atoms with van der Waals surface area (Å²) in [7, 11) is 3.11. The highest BCUT2D eigenvalue weighted by atomic mass is 16.6. The van der Waals surface area contributed by atoms with Gasteiger partial charge in [0.05, 0.1) is 12.1 Å². The Morgan fingerprint density at radius 2 is 2.41 bits per heavy atom. The first-order valence-electron chi connectivity index (χ1n) is 5.28. The molecule has 0 spiro atoms. The SMILES string of the molecule is CO[C@H]1C[C@H](N=[N+]=[N-])[C@@H](O)[C@@H]2OC(=O)N(C)[C@@H]21. The fourth-order valence-electron chi connectivity index (χ4n) is 2.50. The second-order valence-corrected chi connectivity index (χ2v) is 4.22. The highest BCUT2D eigenvalue weighted by Crippen LogP contribution is 2.34. The number of likely N-dealkylation sites (N-methyl/N-ethyl adjacent to an activating group) is 1. The molecule has 2 fully saturated rings. The Hall–Kier alpha value is -1.50. The Labute approximate surface area is 97.7 Å². The van der Waals surface area contributed by atoms with Crippen LogP contribution in [0.15, 0.2) is 5.11 Å². The molecule has 94 valence electrons. The monoisotopic (exact) mass is 242 g/mol. The molecule has 0 bridgehead atoms. The van der Waals surface area contributed by atoms with Gasteiger partial charge in [-0.3, -0.25) is 0 Å². The van der Waals surface area contributed by atoms with Gasteiger partial charge in [-0.05, 0) is 12.0 Å². The summed E-state index contributed by atoms with van der Waals surface area (Å²) >= 11 is 0. The lowest BCUT2D eigenvalue weighted by atomic mass is 9.84. The molecule has 8 heteroatoms. The van der Waals surface area contributed by atoms with Gasteiger partial charge < -0.3 is 19.5 Å². The lowest BCUT2D eigenvalue weighted by molar-refractivity contribution is -0.0775. The minimum atomic E-state index is -0.990. The summed E-state index contributed by atoms with van der Waals surface area (Å²) in [6, 6.07) is -0.974. The van der Waals surface area contributed by atoms with E-state index >= 15 is 0 Å². The maximum Gasteiger partial charge on any atom is 0.410 e. The van der Waals surface area contributed by atoms with Gasteiger partial charge in [-0.2, -0.15) is 0 Å². The van der Waals surface area contributed by atoms with Crippen molar-refractivity contribution >= 4 is 6.09 Å². The van der Waals surface area contributed by atoms with E-state index in [-0.39, 0.29) is 12.1 Å². The van der Waals surface area contributed by atoms with Gasteiger partial charge in [-0.1, -0.05) is 5.11 Å². The van der Waals surface area contributed by atoms with E-state index in [4.69, 9.17) is 15.0 Å². The van der Waals surface area contributed by atoms with Gasteiger partial charge in [-0.25, -0.2) is 4.79 Å². The number of aliphatic hydroxyl groups excluding tert-OH is 1. The molecule has 0 radical (unpaired) electrons. The summed E-state index contributed by atoms with van der Waals surface area (Å²) in [6.45, 7) is 0. The minimum absolute atomic E-state index is 0.310. The number of methoxy groups -OCH3 is 1. The molecule has 1 saturated carbocycles. The molecule has 1 saturated heterocycles. The van der Waals surface area contributed by atoms with Crippen molar-refractivity contribution in [3.63, 3.8) is 0 Å². The molecule has 1 aliphatic heterocycles. The number of aliphatic hydroxyl groups is 1. The molecule has 0 aromatic heterocycles. The van der Waals surface area contributed by atoms with Gasteiger partial charge in [0.25, 0.3) is 0 Å². The quantitative estimate of drug-likeness (QED) is 0.425. The third kappa shape index (κ3) is 1.80. The van der Waals surface area contributed by atoms with Crippen molar-refractivity contribution in [3.8, 4) is 0 Å². The number of hydrogen-bond acceptors (Lipinski definition) is 5. The van der Waals surface area contributed by atoms with E-state index in [9.17, 15) is 9.90 Å². The van der Waals surface area contributed by atoms with Crippen LogP contribution in [-0.2, 0) is 9.47 Å². The zero-order chi connectivity index (χ0) is 12.6. The first-order valence-corrected chi connectivity index (χ1v) is 5.28. The molecule has 5 atom stereocenters. The number of hydrogen-bond donors (Lipinski definition) is 1. The number of rotatable bonds is 2. The number of fused-ring (bicyclic) bond motifs is 1. The largest absolute Gasteiger partial charge is 0.441 e. The van der Waals surface area contributed by atoms with Crippen LogP contribution in [0.5, 0.6) is 0 Å². The van der Waals surface area contributed by atoms with Crippen molar-refractivity contribution in [1.82, 2.24) is 4.90 Å². The molecule has 0 unspecified atom stereocenters. The molecular formula is C9H14N4O4. The van der Waals surface area contributed by atoms with Crippen LogP contribution in [0.4, 0.5) is 4.79 Å². The van der Waals surface area contributed by atoms with Crippen molar-refractivity contribution < 1.29 is 19.4 Å². The Morgan fingerprint density at radius 1 is 1.71 bits per heavy atom. The normalized spacial score (nSPS) is 40.5. The molecule has 1 heterocycles. The maximum atomic E-state index is 11.4. The highest BCUT2D eigenvalue weighted by molar-refractivity contribution is 5.70. The van der Waals surface area contributed by atoms with Crippen LogP contribution < -0.4 is 0 Å². The standard InChI is InChI=1S/C9H14N4O4/c1-13-6-5(16-2)3-4(11-12-10)7(14)8(6)17-9(13)15/h4-8,14H,3H2,1-2H3/t4-,5-,6+,7+,8+/m0/s1. The first-order chi connectivity index (χ1) is 8.10. The Kier molecular flexibility index (Phi) is 3.10. The lowest BCUT2D eigenvalue weighted by Crippen LogP contribution is -2.57. The summed E-state index contributed by atoms with van der Waals surface area (Å²) in [6.07, 6.45) is -2.14. The second kappa shape index (κ2) is 4.40. The van der Waals surface area contributed by atoms with Crippen LogP contribution >= 0.6 is 0 Å². The predicted molar refractivity (Wildman–Crippen MR) is 56.2 cm³/mol. The zero-order valence-electron chi connectivity index (χ0n) is 9.55. The molecule has 0 aromatic rings. The number of ether oxygens (including phenoxy) is 2. The van der Waals surface area contributed by atoms with Crippen LogP contribution in [-0.4, -0.2) is 60.7 Å². The van der Waals surface area contributed by atoms with Crippen LogP contribution in [0, 0.1) is 0 Å². The smallest absolute Gasteiger partial charge is 0.410 e. The summed E-state index contributed by atoms with van der Waals surface area (Å²) in [5, 5.41) is 13.5. The van der Waals surface area contributed by atoms with Gasteiger partial charge in [-0.15, -0.1) is 0 Å². The van der Waals surface area contributed by atoms with Gasteiger partial charge in [0.1, 0.15) is 12.1 Å². The summed E-state index contributed by atoms with van der Waals surface area (Å²) in [4.78, 5) is 15.5. The average molecular weight is 242 g/mol. The average Bonchev–Trinajstić information content (AvgIpc) is 2.61. The molecule has 2 aliphatic rings. The van der Waals surface area contributed by atoms with Crippen LogP contribution in [0.25, 0.3) is 10.4 Å². The van der Waals surface area contributed by atoms with Crippen molar-refractivity contribution in [2.75, 3.05) is 14.2 Å². The van der Waals surface area contributed by atoms with Gasteiger partial charge in [0.15, 0.2) is 6.10 Å². The van der Waals surface area contributed by atoms with Gasteiger partial charge in [0.2, 0.25) is 0 Å². The third-order valence-corrected chi connectivity index (χ3v) is 3.40. The lowest BCUT2D eigenvalue weighted by Gasteiger charge is -2.39. The Morgan fingerprint density at radius 3 is 3.00 bits per heavy atom. The van der Waals surface area contributed by atoms with Crippen LogP contribution in [0.2, 0.25) is 0 Å². The number of carbonyl (C=O) groups is 1. The molecule has 1 N–H and O–H groups in total.